The minimum absolute atomic E-state index is 0.0152. The van der Waals surface area contributed by atoms with Gasteiger partial charge in [-0.1, -0.05) is 18.2 Å². The number of ether oxygens (including phenoxy) is 1. The van der Waals surface area contributed by atoms with Crippen molar-refractivity contribution < 1.29 is 9.53 Å². The van der Waals surface area contributed by atoms with E-state index in [4.69, 9.17) is 4.74 Å². The maximum absolute atomic E-state index is 11.8. The summed E-state index contributed by atoms with van der Waals surface area (Å²) in [6.07, 6.45) is 9.73. The van der Waals surface area contributed by atoms with Gasteiger partial charge in [0.25, 0.3) is 0 Å². The number of ketones is 1. The molecule has 3 unspecified atom stereocenters. The standard InChI is InChI=1S/C11H10O2S/c1-7-10(12)8-6-13-9-4-2-3-5-11(8,9)14-7/h2-7,9H,1H3. The monoisotopic (exact) mass is 206 g/mol. The third-order valence-corrected chi connectivity index (χ3v) is 4.47. The highest BCUT2D eigenvalue weighted by Gasteiger charge is 2.55. The Balaban J connectivity index is 2.13. The molecule has 0 amide bonds. The van der Waals surface area contributed by atoms with Crippen molar-refractivity contribution in [1.29, 1.82) is 0 Å². The molecular weight excluding hydrogens is 196 g/mol. The predicted molar refractivity (Wildman–Crippen MR) is 56.0 cm³/mol. The summed E-state index contributed by atoms with van der Waals surface area (Å²) in [5.74, 6) is 0.220. The lowest BCUT2D eigenvalue weighted by atomic mass is 9.89. The van der Waals surface area contributed by atoms with Gasteiger partial charge in [0, 0.05) is 0 Å². The van der Waals surface area contributed by atoms with E-state index in [9.17, 15) is 4.79 Å². The molecule has 14 heavy (non-hydrogen) atoms. The van der Waals surface area contributed by atoms with Crippen molar-refractivity contribution >= 4 is 17.5 Å². The van der Waals surface area contributed by atoms with E-state index in [0.29, 0.717) is 0 Å². The number of hydrogen-bond acceptors (Lipinski definition) is 3. The number of rotatable bonds is 0. The fourth-order valence-corrected chi connectivity index (χ4v) is 3.73. The summed E-state index contributed by atoms with van der Waals surface area (Å²) in [6.45, 7) is 1.96. The second kappa shape index (κ2) is 2.54. The van der Waals surface area contributed by atoms with E-state index in [1.54, 1.807) is 18.0 Å². The van der Waals surface area contributed by atoms with Crippen LogP contribution in [0.4, 0.5) is 0 Å². The molecule has 2 aliphatic heterocycles. The molecule has 0 radical (unpaired) electrons. The Labute approximate surface area is 86.7 Å². The van der Waals surface area contributed by atoms with E-state index < -0.39 is 0 Å². The van der Waals surface area contributed by atoms with E-state index in [1.165, 1.54) is 0 Å². The van der Waals surface area contributed by atoms with Crippen LogP contribution < -0.4 is 0 Å². The average molecular weight is 206 g/mol. The van der Waals surface area contributed by atoms with Crippen molar-refractivity contribution in [3.8, 4) is 0 Å². The van der Waals surface area contributed by atoms with Gasteiger partial charge in [0.05, 0.1) is 17.1 Å². The van der Waals surface area contributed by atoms with Gasteiger partial charge >= 0.3 is 0 Å². The molecule has 3 aliphatic rings. The Morgan fingerprint density at radius 1 is 1.50 bits per heavy atom. The molecule has 1 saturated heterocycles. The molecule has 0 bridgehead atoms. The van der Waals surface area contributed by atoms with Crippen LogP contribution in [0.2, 0.25) is 0 Å². The lowest BCUT2D eigenvalue weighted by Crippen LogP contribution is -2.34. The first-order valence-electron chi connectivity index (χ1n) is 4.68. The van der Waals surface area contributed by atoms with Gasteiger partial charge in [0.2, 0.25) is 0 Å². The number of carbonyl (C=O) groups excluding carboxylic acids is 1. The summed E-state index contributed by atoms with van der Waals surface area (Å²) >= 11 is 1.69. The molecule has 2 heterocycles. The minimum atomic E-state index is -0.217. The van der Waals surface area contributed by atoms with Gasteiger partial charge in [0.15, 0.2) is 5.78 Å². The Morgan fingerprint density at radius 3 is 3.21 bits per heavy atom. The molecule has 1 aliphatic carbocycles. The summed E-state index contributed by atoms with van der Waals surface area (Å²) in [4.78, 5) is 11.8. The van der Waals surface area contributed by atoms with E-state index in [-0.39, 0.29) is 21.9 Å². The maximum atomic E-state index is 11.8. The Bertz CT molecular complexity index is 394. The van der Waals surface area contributed by atoms with Gasteiger partial charge in [-0.15, -0.1) is 11.8 Å². The first-order chi connectivity index (χ1) is 6.74. The van der Waals surface area contributed by atoms with E-state index in [1.807, 2.05) is 25.2 Å². The zero-order chi connectivity index (χ0) is 9.76. The fraction of sp³-hybridized carbons (Fsp3) is 0.364. The summed E-state index contributed by atoms with van der Waals surface area (Å²) in [5, 5.41) is 0.0591. The van der Waals surface area contributed by atoms with E-state index >= 15 is 0 Å². The Kier molecular flexibility index (Phi) is 1.52. The molecule has 0 aromatic heterocycles. The number of carbonyl (C=O) groups is 1. The molecule has 0 aromatic rings. The molecule has 0 saturated carbocycles. The Morgan fingerprint density at radius 2 is 2.36 bits per heavy atom. The summed E-state index contributed by atoms with van der Waals surface area (Å²) < 4.78 is 5.27. The van der Waals surface area contributed by atoms with Crippen molar-refractivity contribution in [2.24, 2.45) is 0 Å². The van der Waals surface area contributed by atoms with Gasteiger partial charge in [-0.05, 0) is 13.0 Å². The second-order valence-corrected chi connectivity index (χ2v) is 5.37. The highest BCUT2D eigenvalue weighted by atomic mass is 32.2. The highest BCUT2D eigenvalue weighted by molar-refractivity contribution is 8.03. The van der Waals surface area contributed by atoms with Crippen LogP contribution in [0.5, 0.6) is 0 Å². The zero-order valence-electron chi connectivity index (χ0n) is 7.77. The zero-order valence-corrected chi connectivity index (χ0v) is 8.58. The molecule has 72 valence electrons. The van der Waals surface area contributed by atoms with Crippen molar-refractivity contribution in [2.75, 3.05) is 0 Å². The number of Topliss-reactive ketones (excluding diaryl/α,β-unsaturated/α-hetero) is 1. The van der Waals surface area contributed by atoms with Crippen LogP contribution in [-0.2, 0) is 9.53 Å². The fourth-order valence-electron chi connectivity index (χ4n) is 2.21. The molecule has 0 aromatic carbocycles. The van der Waals surface area contributed by atoms with Crippen LogP contribution in [0.15, 0.2) is 36.1 Å². The van der Waals surface area contributed by atoms with Crippen LogP contribution in [0.3, 0.4) is 0 Å². The quantitative estimate of drug-likeness (QED) is 0.605. The van der Waals surface area contributed by atoms with Gasteiger partial charge in [-0.3, -0.25) is 4.79 Å². The molecule has 1 spiro atoms. The lowest BCUT2D eigenvalue weighted by Gasteiger charge is -2.27. The van der Waals surface area contributed by atoms with E-state index in [2.05, 4.69) is 6.08 Å². The third-order valence-electron chi connectivity index (χ3n) is 2.92. The summed E-state index contributed by atoms with van der Waals surface area (Å²) in [7, 11) is 0. The Hall–Kier alpha value is -0.960. The van der Waals surface area contributed by atoms with E-state index in [0.717, 1.165) is 5.57 Å². The maximum Gasteiger partial charge on any atom is 0.176 e. The molecule has 3 atom stereocenters. The third kappa shape index (κ3) is 0.811. The van der Waals surface area contributed by atoms with Crippen molar-refractivity contribution in [3.63, 3.8) is 0 Å². The van der Waals surface area contributed by atoms with Gasteiger partial charge in [-0.2, -0.15) is 0 Å². The molecular formula is C11H10O2S. The van der Waals surface area contributed by atoms with Crippen LogP contribution in [0.1, 0.15) is 6.92 Å². The molecule has 2 nitrogen and oxygen atoms in total. The largest absolute Gasteiger partial charge is 0.491 e. The van der Waals surface area contributed by atoms with Gasteiger partial charge in [0.1, 0.15) is 10.9 Å². The first kappa shape index (κ1) is 8.36. The van der Waals surface area contributed by atoms with Gasteiger partial charge in [-0.25, -0.2) is 0 Å². The van der Waals surface area contributed by atoms with Gasteiger partial charge < -0.3 is 4.74 Å². The highest BCUT2D eigenvalue weighted by Crippen LogP contribution is 2.53. The summed E-state index contributed by atoms with van der Waals surface area (Å²) in [6, 6.07) is 0. The first-order valence-corrected chi connectivity index (χ1v) is 5.56. The van der Waals surface area contributed by atoms with Crippen LogP contribution in [0.25, 0.3) is 0 Å². The molecule has 3 heteroatoms. The van der Waals surface area contributed by atoms with Crippen LogP contribution in [-0.4, -0.2) is 21.9 Å². The second-order valence-electron chi connectivity index (χ2n) is 3.75. The normalized spacial score (nSPS) is 43.2. The summed E-state index contributed by atoms with van der Waals surface area (Å²) in [5.41, 5.74) is 0.834. The van der Waals surface area contributed by atoms with Crippen LogP contribution in [0, 0.1) is 0 Å². The molecule has 3 rings (SSSR count). The number of allylic oxidation sites excluding steroid dienone is 2. The number of thioether (sulfide) groups is 1. The van der Waals surface area contributed by atoms with Crippen molar-refractivity contribution in [1.82, 2.24) is 0 Å². The average Bonchev–Trinajstić information content (AvgIpc) is 2.64. The van der Waals surface area contributed by atoms with Crippen LogP contribution >= 0.6 is 11.8 Å². The number of hydrogen-bond donors (Lipinski definition) is 0. The SMILES string of the molecule is CC1SC23C=CC=CC2OC=C3C1=O. The predicted octanol–water partition coefficient (Wildman–Crippen LogP) is 1.84. The lowest BCUT2D eigenvalue weighted by molar-refractivity contribution is -0.114. The smallest absolute Gasteiger partial charge is 0.176 e. The topological polar surface area (TPSA) is 26.3 Å². The molecule has 0 N–H and O–H groups in total. The minimum Gasteiger partial charge on any atom is -0.491 e. The van der Waals surface area contributed by atoms with Crippen molar-refractivity contribution in [2.45, 2.75) is 23.0 Å². The molecule has 1 fully saturated rings. The van der Waals surface area contributed by atoms with Crippen molar-refractivity contribution in [3.05, 3.63) is 36.1 Å².